The Bertz CT molecular complexity index is 1060. The number of halogens is 4. The standard InChI is InChI=1S/C19H16F4N2O4/c1-10(26)24-6-5-13-12(8-24)9-25(17(27)15(13)18(28)29)7-11-3-2-4-14(16(11)20)19(21,22)23/h2-4,9H,5-8H2,1H3,(H,28,29). The van der Waals surface area contributed by atoms with E-state index in [1.54, 1.807) is 0 Å². The lowest BCUT2D eigenvalue weighted by atomic mass is 9.96. The van der Waals surface area contributed by atoms with Crippen LogP contribution in [0.5, 0.6) is 0 Å². The molecule has 0 atom stereocenters. The number of fused-ring (bicyclic) bond motifs is 1. The van der Waals surface area contributed by atoms with E-state index in [-0.39, 0.29) is 31.0 Å². The molecule has 154 valence electrons. The maximum Gasteiger partial charge on any atom is 0.419 e. The first kappa shape index (κ1) is 20.6. The van der Waals surface area contributed by atoms with Crippen LogP contribution in [0.1, 0.15) is 39.5 Å². The lowest BCUT2D eigenvalue weighted by Crippen LogP contribution is -2.38. The van der Waals surface area contributed by atoms with Crippen molar-refractivity contribution in [2.45, 2.75) is 32.6 Å². The van der Waals surface area contributed by atoms with E-state index in [4.69, 9.17) is 0 Å². The Morgan fingerprint density at radius 1 is 1.24 bits per heavy atom. The van der Waals surface area contributed by atoms with E-state index in [0.29, 0.717) is 11.6 Å². The average Bonchev–Trinajstić information content (AvgIpc) is 2.62. The molecule has 3 rings (SSSR count). The highest BCUT2D eigenvalue weighted by atomic mass is 19.4. The Morgan fingerprint density at radius 2 is 1.93 bits per heavy atom. The lowest BCUT2D eigenvalue weighted by molar-refractivity contribution is -0.140. The highest BCUT2D eigenvalue weighted by Crippen LogP contribution is 2.32. The molecule has 1 aliphatic rings. The van der Waals surface area contributed by atoms with Gasteiger partial charge in [0, 0.05) is 31.8 Å². The Morgan fingerprint density at radius 3 is 2.52 bits per heavy atom. The normalized spacial score (nSPS) is 13.9. The summed E-state index contributed by atoms with van der Waals surface area (Å²) in [4.78, 5) is 37.4. The van der Waals surface area contributed by atoms with Gasteiger partial charge in [-0.1, -0.05) is 12.1 Å². The monoisotopic (exact) mass is 412 g/mol. The molecule has 0 spiro atoms. The second-order valence-corrected chi connectivity index (χ2v) is 6.71. The van der Waals surface area contributed by atoms with Crippen LogP contribution in [0.4, 0.5) is 17.6 Å². The van der Waals surface area contributed by atoms with E-state index in [0.717, 1.165) is 16.7 Å². The molecule has 0 aliphatic carbocycles. The van der Waals surface area contributed by atoms with Crippen molar-refractivity contribution in [3.63, 3.8) is 0 Å². The largest absolute Gasteiger partial charge is 0.477 e. The predicted molar refractivity (Wildman–Crippen MR) is 93.0 cm³/mol. The van der Waals surface area contributed by atoms with Crippen LogP contribution in [0.3, 0.4) is 0 Å². The average molecular weight is 412 g/mol. The third-order valence-electron chi connectivity index (χ3n) is 4.85. The van der Waals surface area contributed by atoms with Gasteiger partial charge in [0.2, 0.25) is 5.91 Å². The molecule has 1 aromatic carbocycles. The number of nitrogens with zero attached hydrogens (tertiary/aromatic N) is 2. The number of aromatic nitrogens is 1. The maximum atomic E-state index is 14.3. The molecule has 2 heterocycles. The zero-order valence-corrected chi connectivity index (χ0v) is 15.2. The first-order chi connectivity index (χ1) is 13.5. The second kappa shape index (κ2) is 7.34. The zero-order valence-electron chi connectivity index (χ0n) is 15.2. The third-order valence-corrected chi connectivity index (χ3v) is 4.85. The smallest absolute Gasteiger partial charge is 0.419 e. The molecule has 0 fully saturated rings. The van der Waals surface area contributed by atoms with Gasteiger partial charge in [0.15, 0.2) is 0 Å². The molecule has 1 aromatic heterocycles. The Kier molecular flexibility index (Phi) is 5.20. The SMILES string of the molecule is CC(=O)N1CCc2c(cn(Cc3cccc(C(F)(F)F)c3F)c(=O)c2C(=O)O)C1. The molecule has 29 heavy (non-hydrogen) atoms. The fraction of sp³-hybridized carbons (Fsp3) is 0.316. The number of hydrogen-bond acceptors (Lipinski definition) is 3. The number of carboxylic acid groups (broad SMARTS) is 1. The molecule has 0 saturated heterocycles. The Balaban J connectivity index is 2.11. The fourth-order valence-electron chi connectivity index (χ4n) is 3.42. The number of aromatic carboxylic acids is 1. The van der Waals surface area contributed by atoms with Gasteiger partial charge in [-0.15, -0.1) is 0 Å². The molecule has 1 amide bonds. The summed E-state index contributed by atoms with van der Waals surface area (Å²) in [6.45, 7) is 1.06. The summed E-state index contributed by atoms with van der Waals surface area (Å²) in [5, 5.41) is 9.48. The number of carboxylic acids is 1. The van der Waals surface area contributed by atoms with Gasteiger partial charge in [-0.25, -0.2) is 9.18 Å². The molecule has 6 nitrogen and oxygen atoms in total. The van der Waals surface area contributed by atoms with Crippen LogP contribution in [-0.2, 0) is 30.5 Å². The van der Waals surface area contributed by atoms with Crippen molar-refractivity contribution in [1.29, 1.82) is 0 Å². The van der Waals surface area contributed by atoms with Crippen LogP contribution in [-0.4, -0.2) is 33.0 Å². The van der Waals surface area contributed by atoms with E-state index in [1.807, 2.05) is 0 Å². The minimum atomic E-state index is -4.91. The number of hydrogen-bond donors (Lipinski definition) is 1. The molecule has 1 aliphatic heterocycles. The molecule has 10 heteroatoms. The summed E-state index contributed by atoms with van der Waals surface area (Å²) in [7, 11) is 0. The molecule has 0 unspecified atom stereocenters. The van der Waals surface area contributed by atoms with Gasteiger partial charge < -0.3 is 14.6 Å². The van der Waals surface area contributed by atoms with E-state index in [9.17, 15) is 37.1 Å². The first-order valence-corrected chi connectivity index (χ1v) is 8.59. The first-order valence-electron chi connectivity index (χ1n) is 8.59. The summed E-state index contributed by atoms with van der Waals surface area (Å²) in [5.41, 5.74) is -2.67. The number of amides is 1. The van der Waals surface area contributed by atoms with Crippen LogP contribution < -0.4 is 5.56 Å². The van der Waals surface area contributed by atoms with Crippen molar-refractivity contribution in [3.8, 4) is 0 Å². The summed E-state index contributed by atoms with van der Waals surface area (Å²) in [5.74, 6) is -3.25. The fourth-order valence-corrected chi connectivity index (χ4v) is 3.42. The van der Waals surface area contributed by atoms with Crippen molar-refractivity contribution in [1.82, 2.24) is 9.47 Å². The molecule has 0 saturated carbocycles. The molecular weight excluding hydrogens is 396 g/mol. The van der Waals surface area contributed by atoms with Crippen LogP contribution >= 0.6 is 0 Å². The minimum absolute atomic E-state index is 0.0519. The van der Waals surface area contributed by atoms with E-state index in [2.05, 4.69) is 0 Å². The van der Waals surface area contributed by atoms with Gasteiger partial charge >= 0.3 is 12.1 Å². The van der Waals surface area contributed by atoms with Gasteiger partial charge in [-0.2, -0.15) is 13.2 Å². The quantitative estimate of drug-likeness (QED) is 0.787. The third kappa shape index (κ3) is 3.87. The van der Waals surface area contributed by atoms with Crippen molar-refractivity contribution in [2.24, 2.45) is 0 Å². The van der Waals surface area contributed by atoms with Crippen LogP contribution in [0.2, 0.25) is 0 Å². The summed E-state index contributed by atoms with van der Waals surface area (Å²) < 4.78 is 54.0. The number of carbonyl (C=O) groups is 2. The van der Waals surface area contributed by atoms with Crippen LogP contribution in [0.25, 0.3) is 0 Å². The Labute approximate surface area is 162 Å². The van der Waals surface area contributed by atoms with Gasteiger partial charge in [0.05, 0.1) is 12.1 Å². The highest BCUT2D eigenvalue weighted by molar-refractivity contribution is 5.89. The van der Waals surface area contributed by atoms with Gasteiger partial charge in [-0.05, 0) is 23.6 Å². The second-order valence-electron chi connectivity index (χ2n) is 6.71. The van der Waals surface area contributed by atoms with Crippen molar-refractivity contribution in [2.75, 3.05) is 6.54 Å². The topological polar surface area (TPSA) is 79.6 Å². The number of rotatable bonds is 3. The van der Waals surface area contributed by atoms with Crippen molar-refractivity contribution >= 4 is 11.9 Å². The van der Waals surface area contributed by atoms with Gasteiger partial charge in [0.25, 0.3) is 5.56 Å². The molecule has 0 radical (unpaired) electrons. The number of pyridine rings is 1. The zero-order chi connectivity index (χ0) is 21.5. The number of benzene rings is 1. The van der Waals surface area contributed by atoms with Crippen LogP contribution in [0.15, 0.2) is 29.2 Å². The summed E-state index contributed by atoms with van der Waals surface area (Å²) >= 11 is 0. The van der Waals surface area contributed by atoms with Crippen molar-refractivity contribution in [3.05, 3.63) is 68.4 Å². The van der Waals surface area contributed by atoms with Gasteiger partial charge in [0.1, 0.15) is 11.4 Å². The predicted octanol–water partition coefficient (Wildman–Crippen LogP) is 2.66. The molecule has 2 aromatic rings. The lowest BCUT2D eigenvalue weighted by Gasteiger charge is -2.29. The number of carbonyl (C=O) groups excluding carboxylic acids is 1. The molecule has 1 N–H and O–H groups in total. The number of alkyl halides is 3. The van der Waals surface area contributed by atoms with E-state index >= 15 is 0 Å². The van der Waals surface area contributed by atoms with E-state index in [1.165, 1.54) is 18.0 Å². The summed E-state index contributed by atoms with van der Waals surface area (Å²) in [6.07, 6.45) is -3.47. The minimum Gasteiger partial charge on any atom is -0.477 e. The highest BCUT2D eigenvalue weighted by Gasteiger charge is 2.35. The van der Waals surface area contributed by atoms with Gasteiger partial charge in [-0.3, -0.25) is 9.59 Å². The molecular formula is C19H16F4N2O4. The van der Waals surface area contributed by atoms with Crippen molar-refractivity contribution < 1.29 is 32.3 Å². The van der Waals surface area contributed by atoms with E-state index < -0.39 is 46.8 Å². The van der Waals surface area contributed by atoms with Crippen LogP contribution in [0, 0.1) is 5.82 Å². The summed E-state index contributed by atoms with van der Waals surface area (Å²) in [6, 6.07) is 2.70. The Hall–Kier alpha value is -3.17. The molecule has 0 bridgehead atoms. The maximum absolute atomic E-state index is 14.3.